The second kappa shape index (κ2) is 23.3. The fourth-order valence-corrected chi connectivity index (χ4v) is 4.05. The summed E-state index contributed by atoms with van der Waals surface area (Å²) in [6.45, 7) is 21.7. The van der Waals surface area contributed by atoms with Crippen molar-refractivity contribution in [2.45, 2.75) is 125 Å². The van der Waals surface area contributed by atoms with Crippen LogP contribution in [-0.2, 0) is 4.74 Å². The van der Waals surface area contributed by atoms with Crippen LogP contribution in [0.25, 0.3) is 0 Å². The van der Waals surface area contributed by atoms with Crippen LogP contribution in [0.4, 0.5) is 4.79 Å². The molecular formula is C30H61N3O2. The van der Waals surface area contributed by atoms with E-state index in [0.29, 0.717) is 0 Å². The molecule has 3 aliphatic heterocycles. The first-order valence-electron chi connectivity index (χ1n) is 15.0. The molecule has 2 N–H and O–H groups in total. The highest BCUT2D eigenvalue weighted by Crippen LogP contribution is 2.17. The number of amides is 1. The molecule has 0 spiro atoms. The predicted molar refractivity (Wildman–Crippen MR) is 153 cm³/mol. The van der Waals surface area contributed by atoms with Crippen molar-refractivity contribution >= 4 is 6.09 Å². The topological polar surface area (TPSA) is 53.6 Å². The lowest BCUT2D eigenvalue weighted by Gasteiger charge is -2.30. The molecule has 1 amide bonds. The first kappa shape index (κ1) is 33.9. The van der Waals surface area contributed by atoms with Crippen molar-refractivity contribution in [2.75, 3.05) is 39.3 Å². The molecule has 3 heterocycles. The van der Waals surface area contributed by atoms with Gasteiger partial charge in [-0.05, 0) is 82.8 Å². The van der Waals surface area contributed by atoms with Crippen molar-refractivity contribution in [1.82, 2.24) is 15.5 Å². The molecule has 0 aromatic carbocycles. The average molecular weight is 496 g/mol. The van der Waals surface area contributed by atoms with Crippen LogP contribution in [0.1, 0.15) is 119 Å². The van der Waals surface area contributed by atoms with Gasteiger partial charge in [0.15, 0.2) is 0 Å². The van der Waals surface area contributed by atoms with Crippen molar-refractivity contribution in [1.29, 1.82) is 0 Å². The Balaban J connectivity index is 0.000000491. The molecule has 5 heteroatoms. The molecule has 2 saturated heterocycles. The van der Waals surface area contributed by atoms with Gasteiger partial charge in [-0.2, -0.15) is 0 Å². The molecule has 0 saturated carbocycles. The van der Waals surface area contributed by atoms with Crippen LogP contribution in [0.2, 0.25) is 0 Å². The van der Waals surface area contributed by atoms with Gasteiger partial charge in [-0.1, -0.05) is 79.4 Å². The molecule has 0 aliphatic carbocycles. The number of unbranched alkanes of at least 4 members (excludes halogenated alkanes) is 1. The number of piperidine rings is 2. The third-order valence-corrected chi connectivity index (χ3v) is 7.08. The highest BCUT2D eigenvalue weighted by molar-refractivity contribution is 5.67. The quantitative estimate of drug-likeness (QED) is 0.373. The number of hydrogen-bond acceptors (Lipinski definition) is 4. The lowest BCUT2D eigenvalue weighted by atomic mass is 10.00. The summed E-state index contributed by atoms with van der Waals surface area (Å²) in [6.07, 6.45) is 15.6. The Morgan fingerprint density at radius 1 is 0.886 bits per heavy atom. The van der Waals surface area contributed by atoms with Gasteiger partial charge in [0, 0.05) is 19.6 Å². The van der Waals surface area contributed by atoms with Crippen molar-refractivity contribution in [3.63, 3.8) is 0 Å². The monoisotopic (exact) mass is 495 g/mol. The minimum absolute atomic E-state index is 0.0943. The average Bonchev–Trinajstić information content (AvgIpc) is 2.90. The molecule has 0 atom stereocenters. The van der Waals surface area contributed by atoms with Crippen LogP contribution in [0.15, 0.2) is 11.6 Å². The summed E-state index contributed by atoms with van der Waals surface area (Å²) in [5.74, 6) is 1.73. The Kier molecular flexibility index (Phi) is 22.6. The van der Waals surface area contributed by atoms with Crippen molar-refractivity contribution in [3.05, 3.63) is 11.6 Å². The van der Waals surface area contributed by atoms with E-state index in [1.807, 2.05) is 4.90 Å². The van der Waals surface area contributed by atoms with Crippen LogP contribution in [0.5, 0.6) is 0 Å². The highest BCUT2D eigenvalue weighted by atomic mass is 16.6. The minimum atomic E-state index is -0.115. The molecule has 208 valence electrons. The van der Waals surface area contributed by atoms with E-state index in [0.717, 1.165) is 57.2 Å². The van der Waals surface area contributed by atoms with E-state index in [4.69, 9.17) is 4.74 Å². The molecule has 0 unspecified atom stereocenters. The van der Waals surface area contributed by atoms with Gasteiger partial charge in [0.05, 0.1) is 0 Å². The van der Waals surface area contributed by atoms with Gasteiger partial charge in [0.1, 0.15) is 6.10 Å². The maximum Gasteiger partial charge on any atom is 0.410 e. The Labute approximate surface area is 219 Å². The van der Waals surface area contributed by atoms with Gasteiger partial charge in [-0.3, -0.25) is 0 Å². The third kappa shape index (κ3) is 18.8. The number of ether oxygens (including phenoxy) is 1. The number of likely N-dealkylation sites (tertiary alicyclic amines) is 1. The van der Waals surface area contributed by atoms with Gasteiger partial charge in [0.2, 0.25) is 0 Å². The van der Waals surface area contributed by atoms with Crippen molar-refractivity contribution in [3.8, 4) is 0 Å². The van der Waals surface area contributed by atoms with Gasteiger partial charge in [-0.15, -0.1) is 0 Å². The predicted octanol–water partition coefficient (Wildman–Crippen LogP) is 7.56. The lowest BCUT2D eigenvalue weighted by molar-refractivity contribution is 0.0506. The van der Waals surface area contributed by atoms with Gasteiger partial charge in [-0.25, -0.2) is 4.79 Å². The van der Waals surface area contributed by atoms with E-state index in [2.05, 4.69) is 65.2 Å². The van der Waals surface area contributed by atoms with E-state index >= 15 is 0 Å². The molecule has 5 nitrogen and oxygen atoms in total. The standard InChI is InChI=1S/C12H23NO2.C8H15N.C6H13N.C4H10/c1-4-11(5-2)15-12(14)13-8-6-10(3)7-9-13;1-2-3-8-4-6-9-7-5-8;1-6-2-4-7-5-3-6;1-3-4-2/h10-11H,4-9H2,1-3H3;4,9H,2-3,5-7H2,1H3;6-7H,2-5H2,1H3;3-4H2,1-2H3. The second-order valence-electron chi connectivity index (χ2n) is 10.5. The molecule has 3 aliphatic rings. The lowest BCUT2D eigenvalue weighted by Crippen LogP contribution is -2.39. The normalized spacial score (nSPS) is 18.7. The molecule has 35 heavy (non-hydrogen) atoms. The van der Waals surface area contributed by atoms with Crippen LogP contribution >= 0.6 is 0 Å². The Morgan fingerprint density at radius 2 is 1.46 bits per heavy atom. The highest BCUT2D eigenvalue weighted by Gasteiger charge is 2.22. The molecule has 0 aromatic rings. The number of hydrogen-bond donors (Lipinski definition) is 2. The van der Waals surface area contributed by atoms with Gasteiger partial charge < -0.3 is 20.3 Å². The zero-order chi connectivity index (χ0) is 26.3. The molecule has 0 radical (unpaired) electrons. The summed E-state index contributed by atoms with van der Waals surface area (Å²) in [6, 6.07) is 0. The maximum atomic E-state index is 11.7. The smallest absolute Gasteiger partial charge is 0.410 e. The second-order valence-corrected chi connectivity index (χ2v) is 10.5. The summed E-state index contributed by atoms with van der Waals surface area (Å²) in [7, 11) is 0. The largest absolute Gasteiger partial charge is 0.446 e. The van der Waals surface area contributed by atoms with E-state index in [-0.39, 0.29) is 12.2 Å². The van der Waals surface area contributed by atoms with E-state index in [9.17, 15) is 4.79 Å². The summed E-state index contributed by atoms with van der Waals surface area (Å²) in [4.78, 5) is 13.6. The Bertz CT molecular complexity index is 504. The third-order valence-electron chi connectivity index (χ3n) is 7.08. The summed E-state index contributed by atoms with van der Waals surface area (Å²) in [5.41, 5.74) is 1.65. The van der Waals surface area contributed by atoms with Crippen LogP contribution in [-0.4, -0.2) is 56.4 Å². The van der Waals surface area contributed by atoms with E-state index in [1.165, 1.54) is 64.6 Å². The molecule has 3 rings (SSSR count). The first-order chi connectivity index (χ1) is 16.9. The van der Waals surface area contributed by atoms with Crippen molar-refractivity contribution in [2.24, 2.45) is 11.8 Å². The zero-order valence-electron chi connectivity index (χ0n) is 24.6. The summed E-state index contributed by atoms with van der Waals surface area (Å²) < 4.78 is 5.41. The summed E-state index contributed by atoms with van der Waals surface area (Å²) in [5, 5.41) is 6.61. The van der Waals surface area contributed by atoms with Crippen molar-refractivity contribution < 1.29 is 9.53 Å². The number of nitrogens with zero attached hydrogens (tertiary/aromatic N) is 1. The first-order valence-corrected chi connectivity index (χ1v) is 15.0. The molecule has 0 bridgehead atoms. The van der Waals surface area contributed by atoms with Crippen LogP contribution in [0.3, 0.4) is 0 Å². The Hall–Kier alpha value is -1.07. The summed E-state index contributed by atoms with van der Waals surface area (Å²) >= 11 is 0. The van der Waals surface area contributed by atoms with Gasteiger partial charge in [0.25, 0.3) is 0 Å². The molecule has 0 aromatic heterocycles. The molecular weight excluding hydrogens is 434 g/mol. The number of rotatable bonds is 6. The van der Waals surface area contributed by atoms with Crippen LogP contribution in [0, 0.1) is 11.8 Å². The van der Waals surface area contributed by atoms with Gasteiger partial charge >= 0.3 is 6.09 Å². The number of carbonyl (C=O) groups is 1. The maximum absolute atomic E-state index is 11.7. The SMILES string of the molecule is CC1CCNCC1.CCC(CC)OC(=O)N1CCC(C)CC1.CCCC.CCCC1=CCNCC1. The van der Waals surface area contributed by atoms with E-state index < -0.39 is 0 Å². The van der Waals surface area contributed by atoms with Crippen LogP contribution < -0.4 is 10.6 Å². The molecule has 2 fully saturated rings. The van der Waals surface area contributed by atoms with E-state index in [1.54, 1.807) is 5.57 Å². The minimum Gasteiger partial charge on any atom is -0.446 e. The fourth-order valence-electron chi connectivity index (χ4n) is 4.05. The fraction of sp³-hybridized carbons (Fsp3) is 0.900. The zero-order valence-corrected chi connectivity index (χ0v) is 24.6. The number of nitrogens with one attached hydrogen (secondary N) is 2. The number of carbonyl (C=O) groups excluding carboxylic acids is 1. The Morgan fingerprint density at radius 3 is 1.86 bits per heavy atom.